The number of aromatic nitrogens is 2. The van der Waals surface area contributed by atoms with Gasteiger partial charge in [0.25, 0.3) is 0 Å². The molecule has 2 aromatic rings. The van der Waals surface area contributed by atoms with Gasteiger partial charge in [0.1, 0.15) is 0 Å². The van der Waals surface area contributed by atoms with Crippen molar-refractivity contribution in [2.24, 2.45) is 0 Å². The van der Waals surface area contributed by atoms with Gasteiger partial charge in [0, 0.05) is 13.8 Å². The summed E-state index contributed by atoms with van der Waals surface area (Å²) >= 11 is 3.22. The largest absolute Gasteiger partial charge is 0.456 e. The maximum absolute atomic E-state index is 13.0. The SMILES string of the molecule is CC(=O)O[C@@H]1[C@H](OC(C)=O)[C@@H](C)O[C@H]1n1c(Br)nc2cc(C(F)(F)F)ccc21. The fourth-order valence-corrected chi connectivity index (χ4v) is 3.76. The van der Waals surface area contributed by atoms with Gasteiger partial charge in [-0.15, -0.1) is 0 Å². The normalized spacial score (nSPS) is 25.1. The van der Waals surface area contributed by atoms with Gasteiger partial charge in [0.05, 0.1) is 22.7 Å². The molecule has 7 nitrogen and oxygen atoms in total. The third-order valence-electron chi connectivity index (χ3n) is 4.25. The highest BCUT2D eigenvalue weighted by Gasteiger charge is 2.49. The van der Waals surface area contributed by atoms with Crippen LogP contribution in [0.2, 0.25) is 0 Å². The van der Waals surface area contributed by atoms with Crippen LogP contribution >= 0.6 is 15.9 Å². The Morgan fingerprint density at radius 3 is 2.36 bits per heavy atom. The molecule has 1 saturated heterocycles. The lowest BCUT2D eigenvalue weighted by Gasteiger charge is -2.24. The Morgan fingerprint density at radius 2 is 1.79 bits per heavy atom. The van der Waals surface area contributed by atoms with Crippen molar-refractivity contribution in [2.45, 2.75) is 51.5 Å². The lowest BCUT2D eigenvalue weighted by molar-refractivity contribution is -0.165. The summed E-state index contributed by atoms with van der Waals surface area (Å²) in [4.78, 5) is 27.1. The van der Waals surface area contributed by atoms with E-state index in [2.05, 4.69) is 20.9 Å². The second-order valence-electron chi connectivity index (χ2n) is 6.33. The van der Waals surface area contributed by atoms with E-state index in [0.717, 1.165) is 12.1 Å². The zero-order valence-electron chi connectivity index (χ0n) is 15.0. The zero-order chi connectivity index (χ0) is 20.8. The average Bonchev–Trinajstić information content (AvgIpc) is 3.02. The summed E-state index contributed by atoms with van der Waals surface area (Å²) in [6.45, 7) is 4.05. The standard InChI is InChI=1S/C17H16BrF3N2O5/c1-7-13(27-8(2)24)14(28-9(3)25)15(26-7)23-12-5-4-10(17(19,20)21)6-11(12)22-16(23)18/h4-7,13-15H,1-3H3/t7-,13-,14-,15-/m1/s1. The van der Waals surface area contributed by atoms with Gasteiger partial charge in [-0.3, -0.25) is 14.2 Å². The molecule has 3 rings (SSSR count). The number of halogens is 4. The van der Waals surface area contributed by atoms with Crippen molar-refractivity contribution < 1.29 is 37.0 Å². The number of nitrogens with zero attached hydrogens (tertiary/aromatic N) is 2. The second kappa shape index (κ2) is 7.36. The van der Waals surface area contributed by atoms with Gasteiger partial charge in [-0.05, 0) is 41.1 Å². The Kier molecular flexibility index (Phi) is 5.41. The van der Waals surface area contributed by atoms with Crippen molar-refractivity contribution in [3.8, 4) is 0 Å². The van der Waals surface area contributed by atoms with Crippen LogP contribution in [0.4, 0.5) is 13.2 Å². The van der Waals surface area contributed by atoms with Gasteiger partial charge in [0.2, 0.25) is 0 Å². The van der Waals surface area contributed by atoms with Crippen molar-refractivity contribution in [3.05, 3.63) is 28.5 Å². The Labute approximate surface area is 165 Å². The fraction of sp³-hybridized carbons (Fsp3) is 0.471. The minimum Gasteiger partial charge on any atom is -0.456 e. The van der Waals surface area contributed by atoms with Gasteiger partial charge in [0.15, 0.2) is 23.2 Å². The highest BCUT2D eigenvalue weighted by molar-refractivity contribution is 9.10. The fourth-order valence-electron chi connectivity index (χ4n) is 3.17. The van der Waals surface area contributed by atoms with Crippen LogP contribution in [0.1, 0.15) is 32.6 Å². The Balaban J connectivity index is 2.07. The number of rotatable bonds is 3. The second-order valence-corrected chi connectivity index (χ2v) is 7.04. The van der Waals surface area contributed by atoms with E-state index in [9.17, 15) is 22.8 Å². The van der Waals surface area contributed by atoms with Gasteiger partial charge in [-0.25, -0.2) is 4.98 Å². The third-order valence-corrected chi connectivity index (χ3v) is 4.81. The molecule has 0 amide bonds. The predicted molar refractivity (Wildman–Crippen MR) is 93.1 cm³/mol. The lowest BCUT2D eigenvalue weighted by Crippen LogP contribution is -2.38. The Bertz CT molecular complexity index is 929. The van der Waals surface area contributed by atoms with E-state index in [1.807, 2.05) is 0 Å². The van der Waals surface area contributed by atoms with E-state index in [0.29, 0.717) is 5.52 Å². The molecule has 0 saturated carbocycles. The summed E-state index contributed by atoms with van der Waals surface area (Å²) in [5.41, 5.74) is -0.430. The van der Waals surface area contributed by atoms with Gasteiger partial charge < -0.3 is 14.2 Å². The first-order valence-corrected chi connectivity index (χ1v) is 9.03. The molecule has 1 aromatic carbocycles. The minimum absolute atomic E-state index is 0.0791. The first kappa shape index (κ1) is 20.6. The highest BCUT2D eigenvalue weighted by Crippen LogP contribution is 2.39. The minimum atomic E-state index is -4.51. The van der Waals surface area contributed by atoms with Crippen LogP contribution in [0.3, 0.4) is 0 Å². The van der Waals surface area contributed by atoms with Crippen LogP contribution in [0.25, 0.3) is 11.0 Å². The number of ether oxygens (including phenoxy) is 3. The number of benzene rings is 1. The highest BCUT2D eigenvalue weighted by atomic mass is 79.9. The van der Waals surface area contributed by atoms with Gasteiger partial charge in [-0.1, -0.05) is 0 Å². The average molecular weight is 465 g/mol. The van der Waals surface area contributed by atoms with E-state index < -0.39 is 48.2 Å². The van der Waals surface area contributed by atoms with Crippen molar-refractivity contribution in [1.82, 2.24) is 9.55 Å². The number of carbonyl (C=O) groups is 2. The molecule has 11 heteroatoms. The number of fused-ring (bicyclic) bond motifs is 1. The molecule has 0 aliphatic carbocycles. The lowest BCUT2D eigenvalue weighted by atomic mass is 10.1. The maximum atomic E-state index is 13.0. The van der Waals surface area contributed by atoms with Crippen molar-refractivity contribution in [3.63, 3.8) is 0 Å². The maximum Gasteiger partial charge on any atom is 0.416 e. The monoisotopic (exact) mass is 464 g/mol. The van der Waals surface area contributed by atoms with Crippen LogP contribution in [0.15, 0.2) is 22.9 Å². The van der Waals surface area contributed by atoms with Crippen LogP contribution < -0.4 is 0 Å². The van der Waals surface area contributed by atoms with Crippen LogP contribution in [-0.2, 0) is 30.0 Å². The third kappa shape index (κ3) is 3.86. The summed E-state index contributed by atoms with van der Waals surface area (Å²) in [5.74, 6) is -1.20. The molecule has 152 valence electrons. The van der Waals surface area contributed by atoms with E-state index in [1.54, 1.807) is 6.92 Å². The Hall–Kier alpha value is -2.14. The number of hydrogen-bond acceptors (Lipinski definition) is 6. The molecule has 28 heavy (non-hydrogen) atoms. The number of esters is 2. The van der Waals surface area contributed by atoms with E-state index in [1.165, 1.54) is 24.5 Å². The molecule has 0 spiro atoms. The molecule has 1 fully saturated rings. The molecule has 1 aliphatic heterocycles. The van der Waals surface area contributed by atoms with Crippen LogP contribution in [-0.4, -0.2) is 39.8 Å². The van der Waals surface area contributed by atoms with Crippen molar-refractivity contribution in [2.75, 3.05) is 0 Å². The molecule has 0 unspecified atom stereocenters. The molecular formula is C17H16BrF3N2O5. The molecule has 4 atom stereocenters. The number of hydrogen-bond donors (Lipinski definition) is 0. The van der Waals surface area contributed by atoms with E-state index in [4.69, 9.17) is 14.2 Å². The first-order valence-electron chi connectivity index (χ1n) is 8.23. The van der Waals surface area contributed by atoms with E-state index in [-0.39, 0.29) is 10.3 Å². The molecule has 1 aliphatic rings. The Morgan fingerprint density at radius 1 is 1.18 bits per heavy atom. The first-order chi connectivity index (χ1) is 13.0. The number of imidazole rings is 1. The molecular weight excluding hydrogens is 449 g/mol. The summed E-state index contributed by atoms with van der Waals surface area (Å²) in [7, 11) is 0. The van der Waals surface area contributed by atoms with Crippen LogP contribution in [0.5, 0.6) is 0 Å². The smallest absolute Gasteiger partial charge is 0.416 e. The number of carbonyl (C=O) groups excluding carboxylic acids is 2. The van der Waals surface area contributed by atoms with E-state index >= 15 is 0 Å². The summed E-state index contributed by atoms with van der Waals surface area (Å²) in [5, 5.41) is 0. The molecule has 2 heterocycles. The van der Waals surface area contributed by atoms with Crippen molar-refractivity contribution in [1.29, 1.82) is 0 Å². The van der Waals surface area contributed by atoms with Crippen molar-refractivity contribution >= 4 is 38.9 Å². The molecule has 1 aromatic heterocycles. The molecule has 0 N–H and O–H groups in total. The summed E-state index contributed by atoms with van der Waals surface area (Å²) in [6.07, 6.45) is -7.99. The number of alkyl halides is 3. The quantitative estimate of drug-likeness (QED) is 0.645. The zero-order valence-corrected chi connectivity index (χ0v) is 16.6. The van der Waals surface area contributed by atoms with Crippen LogP contribution in [0, 0.1) is 0 Å². The molecule has 0 bridgehead atoms. The van der Waals surface area contributed by atoms with Gasteiger partial charge in [-0.2, -0.15) is 13.2 Å². The summed E-state index contributed by atoms with van der Waals surface area (Å²) < 4.78 is 57.0. The van der Waals surface area contributed by atoms with Gasteiger partial charge >= 0.3 is 18.1 Å². The predicted octanol–water partition coefficient (Wildman–Crippen LogP) is 3.60. The topological polar surface area (TPSA) is 79.6 Å². The molecule has 0 radical (unpaired) electrons. The summed E-state index contributed by atoms with van der Waals surface area (Å²) in [6, 6.07) is 3.10.